The van der Waals surface area contributed by atoms with Gasteiger partial charge in [0.15, 0.2) is 5.43 Å². The number of rotatable bonds is 1. The molecule has 1 saturated heterocycles. The maximum Gasteiger partial charge on any atom is 0.182 e. The number of hydrogen-bond acceptors (Lipinski definition) is 3. The Morgan fingerprint density at radius 1 is 1.33 bits per heavy atom. The van der Waals surface area contributed by atoms with Gasteiger partial charge in [-0.15, -0.1) is 0 Å². The fourth-order valence-corrected chi connectivity index (χ4v) is 3.58. The second kappa shape index (κ2) is 4.21. The quantitative estimate of drug-likeness (QED) is 0.811. The van der Waals surface area contributed by atoms with Crippen molar-refractivity contribution in [1.82, 2.24) is 4.57 Å². The topological polar surface area (TPSA) is 57.2 Å². The normalized spacial score (nSPS) is 34.8. The van der Waals surface area contributed by atoms with Crippen LogP contribution in [0.25, 0.3) is 0 Å². The number of aromatic nitrogens is 1. The fourth-order valence-electron chi connectivity index (χ4n) is 3.58. The van der Waals surface area contributed by atoms with E-state index >= 15 is 0 Å². The number of pyridine rings is 1. The predicted octanol–water partition coefficient (Wildman–Crippen LogP) is 1.14. The van der Waals surface area contributed by atoms with Crippen LogP contribution in [0.15, 0.2) is 16.9 Å². The molecule has 1 aromatic heterocycles. The Balaban J connectivity index is 1.98. The summed E-state index contributed by atoms with van der Waals surface area (Å²) in [5.41, 5.74) is 8.33. The highest BCUT2D eigenvalue weighted by atomic mass is 16.5. The molecule has 0 spiro atoms. The van der Waals surface area contributed by atoms with Gasteiger partial charge in [0.1, 0.15) is 0 Å². The molecule has 1 aromatic rings. The van der Waals surface area contributed by atoms with E-state index in [1.165, 1.54) is 6.42 Å². The lowest BCUT2D eigenvalue weighted by molar-refractivity contribution is -0.134. The van der Waals surface area contributed by atoms with Crippen LogP contribution in [0.4, 0.5) is 0 Å². The first-order valence-corrected chi connectivity index (χ1v) is 6.66. The van der Waals surface area contributed by atoms with E-state index in [1.54, 1.807) is 12.1 Å². The molecule has 3 rings (SSSR count). The van der Waals surface area contributed by atoms with Crippen molar-refractivity contribution in [3.63, 3.8) is 0 Å². The number of hydrogen-bond donors (Lipinski definition) is 1. The lowest BCUT2D eigenvalue weighted by Crippen LogP contribution is -2.63. The molecule has 0 aromatic carbocycles. The van der Waals surface area contributed by atoms with E-state index in [9.17, 15) is 4.79 Å². The van der Waals surface area contributed by atoms with Gasteiger partial charge < -0.3 is 15.0 Å². The maximum atomic E-state index is 11.5. The summed E-state index contributed by atoms with van der Waals surface area (Å²) in [6.45, 7) is 4.78. The standard InChI is InChI=1S/C14H20N2O2/c1-8-6-10(17)7-9(2)16(8)13-12(15)11-4-3-5-18-14(11)13/h6-7,11-14H,3-5,15H2,1-2H3. The third-order valence-electron chi connectivity index (χ3n) is 4.40. The summed E-state index contributed by atoms with van der Waals surface area (Å²) in [6.07, 6.45) is 2.51. The first-order valence-electron chi connectivity index (χ1n) is 6.66. The van der Waals surface area contributed by atoms with Gasteiger partial charge in [0.25, 0.3) is 0 Å². The van der Waals surface area contributed by atoms with Crippen molar-refractivity contribution >= 4 is 0 Å². The Morgan fingerprint density at radius 3 is 2.67 bits per heavy atom. The second-order valence-electron chi connectivity index (χ2n) is 5.55. The van der Waals surface area contributed by atoms with Gasteiger partial charge in [-0.3, -0.25) is 4.79 Å². The molecule has 1 saturated carbocycles. The molecule has 1 aliphatic carbocycles. The zero-order chi connectivity index (χ0) is 12.9. The molecule has 2 aliphatic rings. The lowest BCUT2D eigenvalue weighted by Gasteiger charge is -2.53. The molecule has 0 bridgehead atoms. The van der Waals surface area contributed by atoms with Crippen LogP contribution in [0.2, 0.25) is 0 Å². The van der Waals surface area contributed by atoms with Crippen molar-refractivity contribution in [3.8, 4) is 0 Å². The number of nitrogens with two attached hydrogens (primary N) is 1. The van der Waals surface area contributed by atoms with Crippen LogP contribution in [0.3, 0.4) is 0 Å². The van der Waals surface area contributed by atoms with Gasteiger partial charge in [0.2, 0.25) is 0 Å². The van der Waals surface area contributed by atoms with Crippen molar-refractivity contribution in [2.45, 2.75) is 44.9 Å². The summed E-state index contributed by atoms with van der Waals surface area (Å²) in [7, 11) is 0. The molecule has 4 heteroatoms. The van der Waals surface area contributed by atoms with E-state index in [1.807, 2.05) is 13.8 Å². The minimum Gasteiger partial charge on any atom is -0.376 e. The van der Waals surface area contributed by atoms with Crippen LogP contribution in [0, 0.1) is 19.8 Å². The van der Waals surface area contributed by atoms with Gasteiger partial charge in [0.05, 0.1) is 12.1 Å². The molecule has 98 valence electrons. The summed E-state index contributed by atoms with van der Waals surface area (Å²) >= 11 is 0. The van der Waals surface area contributed by atoms with Crippen molar-refractivity contribution in [3.05, 3.63) is 33.7 Å². The van der Waals surface area contributed by atoms with E-state index in [2.05, 4.69) is 4.57 Å². The van der Waals surface area contributed by atoms with Crippen molar-refractivity contribution in [2.24, 2.45) is 11.7 Å². The van der Waals surface area contributed by atoms with E-state index in [0.717, 1.165) is 24.4 Å². The van der Waals surface area contributed by atoms with E-state index in [-0.39, 0.29) is 23.6 Å². The highest BCUT2D eigenvalue weighted by Crippen LogP contribution is 2.45. The summed E-state index contributed by atoms with van der Waals surface area (Å²) < 4.78 is 8.05. The van der Waals surface area contributed by atoms with Gasteiger partial charge in [-0.2, -0.15) is 0 Å². The number of fused-ring (bicyclic) bond motifs is 1. The van der Waals surface area contributed by atoms with E-state index < -0.39 is 0 Å². The van der Waals surface area contributed by atoms with Crippen molar-refractivity contribution < 1.29 is 4.74 Å². The third kappa shape index (κ3) is 1.63. The zero-order valence-electron chi connectivity index (χ0n) is 10.9. The molecular formula is C14H20N2O2. The molecule has 0 amide bonds. The Kier molecular flexibility index (Phi) is 2.79. The van der Waals surface area contributed by atoms with E-state index in [0.29, 0.717) is 5.92 Å². The van der Waals surface area contributed by atoms with Crippen LogP contribution in [0.1, 0.15) is 30.3 Å². The Morgan fingerprint density at radius 2 is 2.00 bits per heavy atom. The minimum absolute atomic E-state index is 0.0651. The van der Waals surface area contributed by atoms with Gasteiger partial charge in [0, 0.05) is 42.1 Å². The second-order valence-corrected chi connectivity index (χ2v) is 5.55. The smallest absolute Gasteiger partial charge is 0.182 e. The zero-order valence-corrected chi connectivity index (χ0v) is 10.9. The van der Waals surface area contributed by atoms with Gasteiger partial charge >= 0.3 is 0 Å². The highest BCUT2D eigenvalue weighted by molar-refractivity contribution is 5.19. The third-order valence-corrected chi connectivity index (χ3v) is 4.40. The molecule has 18 heavy (non-hydrogen) atoms. The molecule has 4 unspecified atom stereocenters. The van der Waals surface area contributed by atoms with Crippen molar-refractivity contribution in [2.75, 3.05) is 6.61 Å². The Hall–Kier alpha value is -1.13. The Bertz CT molecular complexity index is 497. The molecule has 2 heterocycles. The van der Waals surface area contributed by atoms with Gasteiger partial charge in [-0.25, -0.2) is 0 Å². The van der Waals surface area contributed by atoms with Crippen LogP contribution in [-0.2, 0) is 4.74 Å². The first-order chi connectivity index (χ1) is 8.59. The van der Waals surface area contributed by atoms with Gasteiger partial charge in [-0.1, -0.05) is 0 Å². The van der Waals surface area contributed by atoms with E-state index in [4.69, 9.17) is 10.5 Å². The van der Waals surface area contributed by atoms with Crippen LogP contribution >= 0.6 is 0 Å². The summed E-state index contributed by atoms with van der Waals surface area (Å²) in [5.74, 6) is 0.488. The average molecular weight is 248 g/mol. The van der Waals surface area contributed by atoms with Crippen LogP contribution in [0.5, 0.6) is 0 Å². The largest absolute Gasteiger partial charge is 0.376 e. The molecule has 0 radical (unpaired) electrons. The Labute approximate surface area is 107 Å². The molecular weight excluding hydrogens is 228 g/mol. The lowest BCUT2D eigenvalue weighted by atomic mass is 9.68. The number of aryl methyl sites for hydroxylation is 2. The monoisotopic (exact) mass is 248 g/mol. The molecule has 1 aliphatic heterocycles. The van der Waals surface area contributed by atoms with Crippen LogP contribution < -0.4 is 11.2 Å². The fraction of sp³-hybridized carbons (Fsp3) is 0.643. The maximum absolute atomic E-state index is 11.5. The highest BCUT2D eigenvalue weighted by Gasteiger charge is 2.51. The average Bonchev–Trinajstić information content (AvgIpc) is 2.33. The summed E-state index contributed by atoms with van der Waals surface area (Å²) in [4.78, 5) is 11.5. The van der Waals surface area contributed by atoms with Gasteiger partial charge in [-0.05, 0) is 26.7 Å². The molecule has 4 atom stereocenters. The molecule has 4 nitrogen and oxygen atoms in total. The van der Waals surface area contributed by atoms with Crippen molar-refractivity contribution in [1.29, 1.82) is 0 Å². The number of nitrogens with zero attached hydrogens (tertiary/aromatic N) is 1. The SMILES string of the molecule is Cc1cc(=O)cc(C)n1C1C(N)C2CCCOC21. The summed E-state index contributed by atoms with van der Waals surface area (Å²) in [6, 6.07) is 3.69. The minimum atomic E-state index is 0.0651. The number of ether oxygens (including phenoxy) is 1. The summed E-state index contributed by atoms with van der Waals surface area (Å²) in [5, 5.41) is 0. The van der Waals surface area contributed by atoms with Crippen LogP contribution in [-0.4, -0.2) is 23.3 Å². The first kappa shape index (κ1) is 11.9. The predicted molar refractivity (Wildman–Crippen MR) is 69.7 cm³/mol. The molecule has 2 N–H and O–H groups in total. The molecule has 2 fully saturated rings.